The predicted octanol–water partition coefficient (Wildman–Crippen LogP) is 0.361. The van der Waals surface area contributed by atoms with E-state index < -0.39 is 0 Å². The lowest BCUT2D eigenvalue weighted by atomic mass is 10.5. The molecule has 0 aliphatic heterocycles. The largest absolute Gasteiger partial charge is 0.277 e. The molecule has 0 radical (unpaired) electrons. The number of nitrogens with one attached hydrogen (secondary N) is 1. The Morgan fingerprint density at radius 3 is 2.67 bits per heavy atom. The smallest absolute Gasteiger partial charge is 0.250 e. The van der Waals surface area contributed by atoms with Gasteiger partial charge in [-0.1, -0.05) is 0 Å². The standard InChI is InChI=1S/C5H12NO2P/c1-4(9-3)5(7)6-8-2/h4,9H,1-3H3,(H,6,7). The van der Waals surface area contributed by atoms with Gasteiger partial charge in [0.25, 0.3) is 0 Å². The Bertz CT molecular complexity index is 97.0. The SMILES string of the molecule is CONC(=O)C(C)PC. The normalized spacial score (nSPS) is 14.1. The van der Waals surface area contributed by atoms with E-state index in [0.29, 0.717) is 8.58 Å². The first kappa shape index (κ1) is 8.86. The van der Waals surface area contributed by atoms with E-state index in [1.807, 2.05) is 13.6 Å². The van der Waals surface area contributed by atoms with E-state index in [-0.39, 0.29) is 11.6 Å². The summed E-state index contributed by atoms with van der Waals surface area (Å²) in [4.78, 5) is 15.2. The van der Waals surface area contributed by atoms with E-state index in [1.165, 1.54) is 7.11 Å². The summed E-state index contributed by atoms with van der Waals surface area (Å²) in [5, 5.41) is 0. The van der Waals surface area contributed by atoms with Crippen LogP contribution >= 0.6 is 8.58 Å². The Labute approximate surface area is 56.9 Å². The third kappa shape index (κ3) is 3.44. The quantitative estimate of drug-likeness (QED) is 0.464. The number of carbonyl (C=O) groups excluding carboxylic acids is 1. The molecule has 0 spiro atoms. The highest BCUT2D eigenvalue weighted by atomic mass is 31.1. The first-order valence-electron chi connectivity index (χ1n) is 2.72. The Morgan fingerprint density at radius 2 is 2.33 bits per heavy atom. The Morgan fingerprint density at radius 1 is 1.78 bits per heavy atom. The number of hydrogen-bond donors (Lipinski definition) is 1. The molecule has 0 aliphatic carbocycles. The maximum absolute atomic E-state index is 10.7. The van der Waals surface area contributed by atoms with Crippen LogP contribution in [0.1, 0.15) is 6.92 Å². The second-order valence-electron chi connectivity index (χ2n) is 1.68. The molecule has 0 aliphatic rings. The minimum Gasteiger partial charge on any atom is -0.277 e. The average Bonchev–Trinajstić information content (AvgIpc) is 1.87. The van der Waals surface area contributed by atoms with Gasteiger partial charge in [-0.05, 0) is 13.6 Å². The van der Waals surface area contributed by atoms with Gasteiger partial charge in [0.2, 0.25) is 5.91 Å². The summed E-state index contributed by atoms with van der Waals surface area (Å²) in [5.74, 6) is -0.0432. The molecule has 1 amide bonds. The fourth-order valence-electron chi connectivity index (χ4n) is 0.320. The summed E-state index contributed by atoms with van der Waals surface area (Å²) in [6.45, 7) is 3.85. The van der Waals surface area contributed by atoms with Crippen molar-refractivity contribution in [1.29, 1.82) is 0 Å². The fraction of sp³-hybridized carbons (Fsp3) is 0.800. The monoisotopic (exact) mass is 149 g/mol. The van der Waals surface area contributed by atoms with Crippen LogP contribution in [0.5, 0.6) is 0 Å². The van der Waals surface area contributed by atoms with E-state index in [1.54, 1.807) is 0 Å². The van der Waals surface area contributed by atoms with Gasteiger partial charge in [-0.3, -0.25) is 9.63 Å². The minimum absolute atomic E-state index is 0.0432. The van der Waals surface area contributed by atoms with Crippen molar-refractivity contribution >= 4 is 14.5 Å². The Balaban J connectivity index is 3.46. The highest BCUT2D eigenvalue weighted by molar-refractivity contribution is 7.39. The summed E-state index contributed by atoms with van der Waals surface area (Å²) in [6.07, 6.45) is 0. The third-order valence-electron chi connectivity index (χ3n) is 1.03. The topological polar surface area (TPSA) is 38.3 Å². The average molecular weight is 149 g/mol. The molecule has 4 heteroatoms. The molecule has 0 heterocycles. The maximum Gasteiger partial charge on any atom is 0.250 e. The van der Waals surface area contributed by atoms with Crippen molar-refractivity contribution in [2.75, 3.05) is 13.8 Å². The predicted molar refractivity (Wildman–Crippen MR) is 38.9 cm³/mol. The van der Waals surface area contributed by atoms with Gasteiger partial charge in [0.1, 0.15) is 0 Å². The van der Waals surface area contributed by atoms with Gasteiger partial charge >= 0.3 is 0 Å². The van der Waals surface area contributed by atoms with Crippen molar-refractivity contribution in [1.82, 2.24) is 5.48 Å². The molecule has 0 aromatic heterocycles. The van der Waals surface area contributed by atoms with Crippen molar-refractivity contribution in [3.05, 3.63) is 0 Å². The summed E-state index contributed by atoms with van der Waals surface area (Å²) in [6, 6.07) is 0. The Kier molecular flexibility index (Phi) is 4.64. The van der Waals surface area contributed by atoms with Gasteiger partial charge in [0.15, 0.2) is 0 Å². The second kappa shape index (κ2) is 4.71. The molecule has 9 heavy (non-hydrogen) atoms. The van der Waals surface area contributed by atoms with Gasteiger partial charge in [-0.2, -0.15) is 0 Å². The van der Waals surface area contributed by atoms with E-state index in [2.05, 4.69) is 10.3 Å². The molecule has 54 valence electrons. The fourth-order valence-corrected chi connectivity index (χ4v) is 0.641. The van der Waals surface area contributed by atoms with E-state index in [4.69, 9.17) is 0 Å². The second-order valence-corrected chi connectivity index (χ2v) is 3.12. The molecule has 0 rings (SSSR count). The zero-order chi connectivity index (χ0) is 7.28. The Hall–Kier alpha value is -0.140. The summed E-state index contributed by atoms with van der Waals surface area (Å²) < 4.78 is 0. The van der Waals surface area contributed by atoms with Gasteiger partial charge < -0.3 is 0 Å². The van der Waals surface area contributed by atoms with Crippen molar-refractivity contribution in [3.8, 4) is 0 Å². The third-order valence-corrected chi connectivity index (χ3v) is 2.16. The molecule has 1 N–H and O–H groups in total. The van der Waals surface area contributed by atoms with Gasteiger partial charge in [-0.25, -0.2) is 5.48 Å². The van der Waals surface area contributed by atoms with Crippen LogP contribution in [0.15, 0.2) is 0 Å². The van der Waals surface area contributed by atoms with Crippen molar-refractivity contribution in [2.24, 2.45) is 0 Å². The van der Waals surface area contributed by atoms with Crippen LogP contribution < -0.4 is 5.48 Å². The molecule has 0 fully saturated rings. The molecular formula is C5H12NO2P. The van der Waals surface area contributed by atoms with E-state index >= 15 is 0 Å². The molecule has 0 saturated carbocycles. The zero-order valence-corrected chi connectivity index (χ0v) is 6.89. The van der Waals surface area contributed by atoms with Crippen LogP contribution in [0.4, 0.5) is 0 Å². The van der Waals surface area contributed by atoms with E-state index in [9.17, 15) is 4.79 Å². The van der Waals surface area contributed by atoms with Crippen molar-refractivity contribution in [2.45, 2.75) is 12.6 Å². The van der Waals surface area contributed by atoms with Crippen LogP contribution in [0.2, 0.25) is 0 Å². The van der Waals surface area contributed by atoms with Crippen LogP contribution in [-0.4, -0.2) is 25.3 Å². The summed E-state index contributed by atoms with van der Waals surface area (Å²) >= 11 is 0. The van der Waals surface area contributed by atoms with Crippen molar-refractivity contribution in [3.63, 3.8) is 0 Å². The highest BCUT2D eigenvalue weighted by Gasteiger charge is 2.07. The van der Waals surface area contributed by atoms with E-state index in [0.717, 1.165) is 0 Å². The zero-order valence-electron chi connectivity index (χ0n) is 5.89. The number of amides is 1. The number of carbonyl (C=O) groups is 1. The lowest BCUT2D eigenvalue weighted by molar-refractivity contribution is -0.130. The van der Waals surface area contributed by atoms with Crippen LogP contribution in [0.25, 0.3) is 0 Å². The first-order valence-corrected chi connectivity index (χ1v) is 4.30. The minimum atomic E-state index is -0.0432. The maximum atomic E-state index is 10.7. The molecule has 3 nitrogen and oxygen atoms in total. The summed E-state index contributed by atoms with van der Waals surface area (Å²) in [7, 11) is 2.06. The molecule has 0 aromatic rings. The first-order chi connectivity index (χ1) is 4.22. The lowest BCUT2D eigenvalue weighted by Crippen LogP contribution is -2.28. The molecule has 0 aromatic carbocycles. The van der Waals surface area contributed by atoms with Crippen molar-refractivity contribution < 1.29 is 9.63 Å². The lowest BCUT2D eigenvalue weighted by Gasteiger charge is -2.06. The van der Waals surface area contributed by atoms with Gasteiger partial charge in [0.05, 0.1) is 12.8 Å². The molecular weight excluding hydrogens is 137 g/mol. The number of hydrogen-bond acceptors (Lipinski definition) is 2. The number of hydroxylamine groups is 1. The number of rotatable bonds is 3. The van der Waals surface area contributed by atoms with Crippen LogP contribution in [0.3, 0.4) is 0 Å². The van der Waals surface area contributed by atoms with Gasteiger partial charge in [0, 0.05) is 0 Å². The van der Waals surface area contributed by atoms with Crippen LogP contribution in [0, 0.1) is 0 Å². The van der Waals surface area contributed by atoms with Gasteiger partial charge in [-0.15, -0.1) is 8.58 Å². The molecule has 2 unspecified atom stereocenters. The summed E-state index contributed by atoms with van der Waals surface area (Å²) in [5.41, 5.74) is 2.34. The van der Waals surface area contributed by atoms with Crippen LogP contribution in [-0.2, 0) is 9.63 Å². The molecule has 0 bridgehead atoms. The molecule has 0 saturated heterocycles. The highest BCUT2D eigenvalue weighted by Crippen LogP contribution is 2.11. The molecule has 2 atom stereocenters.